The molecule has 266 valence electrons. The highest BCUT2D eigenvalue weighted by Gasteiger charge is 2.18. The van der Waals surface area contributed by atoms with Gasteiger partial charge in [-0.25, -0.2) is 19.9 Å². The zero-order valence-electron chi connectivity index (χ0n) is 30.7. The van der Waals surface area contributed by atoms with Gasteiger partial charge in [0.15, 0.2) is 17.5 Å². The molecule has 0 spiro atoms. The Kier molecular flexibility index (Phi) is 10.1. The number of allylic oxidation sites excluding steroid dienone is 10. The molecule has 5 aromatic carbocycles. The second-order valence-corrected chi connectivity index (χ2v) is 14.0. The van der Waals surface area contributed by atoms with Crippen molar-refractivity contribution < 1.29 is 4.42 Å². The van der Waals surface area contributed by atoms with E-state index in [1.54, 1.807) is 17.4 Å². The van der Waals surface area contributed by atoms with Crippen LogP contribution in [0.4, 0.5) is 0 Å². The lowest BCUT2D eigenvalue weighted by Crippen LogP contribution is -2.04. The number of fused-ring (bicyclic) bond motifs is 4. The minimum atomic E-state index is 0.592. The Hall–Kier alpha value is -6.76. The number of nitrogens with zero attached hydrogens (tertiary/aromatic N) is 4. The fourth-order valence-corrected chi connectivity index (χ4v) is 7.73. The molecule has 5 nitrogen and oxygen atoms in total. The maximum atomic E-state index is 6.72. The summed E-state index contributed by atoms with van der Waals surface area (Å²) in [6.07, 6.45) is 16.3. The Labute approximate surface area is 324 Å². The molecule has 0 fully saturated rings. The van der Waals surface area contributed by atoms with Crippen molar-refractivity contribution in [3.05, 3.63) is 183 Å². The van der Waals surface area contributed by atoms with Crippen molar-refractivity contribution in [3.63, 3.8) is 0 Å². The van der Waals surface area contributed by atoms with E-state index in [9.17, 15) is 0 Å². The third-order valence-electron chi connectivity index (χ3n) is 9.46. The first-order valence-corrected chi connectivity index (χ1v) is 19.1. The summed E-state index contributed by atoms with van der Waals surface area (Å²) in [6, 6.07) is 37.9. The molecule has 0 radical (unpaired) electrons. The second-order valence-electron chi connectivity index (χ2n) is 12.9. The van der Waals surface area contributed by atoms with E-state index in [-0.39, 0.29) is 0 Å². The van der Waals surface area contributed by atoms with Gasteiger partial charge in [-0.2, -0.15) is 0 Å². The summed E-state index contributed by atoms with van der Waals surface area (Å²) in [5.41, 5.74) is 10.7. The van der Waals surface area contributed by atoms with E-state index >= 15 is 0 Å². The van der Waals surface area contributed by atoms with E-state index in [1.807, 2.05) is 68.5 Å². The fraction of sp³-hybridized carbons (Fsp3) is 0.0612. The van der Waals surface area contributed by atoms with Gasteiger partial charge in [0.25, 0.3) is 0 Å². The zero-order valence-corrected chi connectivity index (χ0v) is 31.6. The summed E-state index contributed by atoms with van der Waals surface area (Å²) < 4.78 is 7.77. The molecule has 3 aromatic heterocycles. The SMILES string of the molecule is C=C/C=C\C(=C/C)c1nc(C(/C=C\CC=C)=C/C)nc(-c2ccc3nc(-c4cccc(-c5cccc6c5oc5c(-c7ccccc7)cccc56)c4)sc3c2)n1. The number of furan rings is 1. The summed E-state index contributed by atoms with van der Waals surface area (Å²) in [5, 5.41) is 3.14. The van der Waals surface area contributed by atoms with Crippen molar-refractivity contribution in [2.75, 3.05) is 0 Å². The van der Waals surface area contributed by atoms with Crippen LogP contribution in [0.5, 0.6) is 0 Å². The van der Waals surface area contributed by atoms with Crippen LogP contribution in [0, 0.1) is 0 Å². The summed E-state index contributed by atoms with van der Waals surface area (Å²) in [4.78, 5) is 19.9. The lowest BCUT2D eigenvalue weighted by molar-refractivity contribution is 0.671. The van der Waals surface area contributed by atoms with Crippen molar-refractivity contribution in [1.29, 1.82) is 0 Å². The predicted octanol–water partition coefficient (Wildman–Crippen LogP) is 13.7. The molecule has 0 unspecified atom stereocenters. The molecule has 55 heavy (non-hydrogen) atoms. The number of benzene rings is 5. The van der Waals surface area contributed by atoms with Crippen LogP contribution in [-0.4, -0.2) is 19.9 Å². The number of hydrogen-bond donors (Lipinski definition) is 0. The maximum absolute atomic E-state index is 6.72. The standard InChI is InChI=1S/C49H38N4OS/c1-5-9-12-19-33(8-4)47-51-46(32(7-3)18-10-6-2)52-48(53-47)36-28-29-42-43(31-36)55-49(50-42)37-23-15-22-35(30-37)39-25-17-27-41-40-26-16-24-38(44(40)54-45(39)41)34-20-13-11-14-21-34/h5-8,10-31H,1-2,9H2,3-4H3/b18-10-,19-12-,32-7+,33-8+. The third-order valence-corrected chi connectivity index (χ3v) is 10.5. The van der Waals surface area contributed by atoms with Gasteiger partial charge in [-0.1, -0.05) is 140 Å². The molecule has 3 heterocycles. The topological polar surface area (TPSA) is 64.7 Å². The minimum Gasteiger partial charge on any atom is -0.455 e. The van der Waals surface area contributed by atoms with Crippen LogP contribution in [-0.2, 0) is 0 Å². The minimum absolute atomic E-state index is 0.592. The van der Waals surface area contributed by atoms with Crippen LogP contribution >= 0.6 is 11.3 Å². The number of aromatic nitrogens is 4. The highest BCUT2D eigenvalue weighted by molar-refractivity contribution is 7.21. The highest BCUT2D eigenvalue weighted by atomic mass is 32.1. The van der Waals surface area contributed by atoms with Gasteiger partial charge in [0.2, 0.25) is 0 Å². The summed E-state index contributed by atoms with van der Waals surface area (Å²) in [5.74, 6) is 1.79. The average Bonchev–Trinajstić information content (AvgIpc) is 3.85. The molecule has 6 heteroatoms. The smallest absolute Gasteiger partial charge is 0.164 e. The molecule has 0 saturated carbocycles. The van der Waals surface area contributed by atoms with Crippen LogP contribution in [0.1, 0.15) is 31.9 Å². The van der Waals surface area contributed by atoms with Crippen LogP contribution in [0.15, 0.2) is 175 Å². The van der Waals surface area contributed by atoms with Gasteiger partial charge >= 0.3 is 0 Å². The zero-order chi connectivity index (χ0) is 37.7. The fourth-order valence-electron chi connectivity index (χ4n) is 6.73. The van der Waals surface area contributed by atoms with Crippen molar-refractivity contribution in [1.82, 2.24) is 19.9 Å². The van der Waals surface area contributed by atoms with E-state index in [1.165, 1.54) is 0 Å². The highest BCUT2D eigenvalue weighted by Crippen LogP contribution is 2.41. The van der Waals surface area contributed by atoms with Gasteiger partial charge < -0.3 is 4.42 Å². The molecule has 0 aliphatic heterocycles. The molecular formula is C49H38N4OS. The van der Waals surface area contributed by atoms with Crippen LogP contribution < -0.4 is 0 Å². The average molecular weight is 731 g/mol. The molecule has 8 aromatic rings. The maximum Gasteiger partial charge on any atom is 0.164 e. The van der Waals surface area contributed by atoms with Gasteiger partial charge in [-0.05, 0) is 55.7 Å². The first-order valence-electron chi connectivity index (χ1n) is 18.3. The van der Waals surface area contributed by atoms with Gasteiger partial charge in [0.1, 0.15) is 16.2 Å². The number of thiazole rings is 1. The normalized spacial score (nSPS) is 12.5. The Bertz CT molecular complexity index is 2850. The summed E-state index contributed by atoms with van der Waals surface area (Å²) in [7, 11) is 0. The van der Waals surface area contributed by atoms with E-state index in [0.29, 0.717) is 17.5 Å². The molecule has 0 aliphatic rings. The Morgan fingerprint density at radius 3 is 1.98 bits per heavy atom. The largest absolute Gasteiger partial charge is 0.455 e. The number of rotatable bonds is 11. The Morgan fingerprint density at radius 1 is 0.636 bits per heavy atom. The second kappa shape index (κ2) is 15.7. The number of para-hydroxylation sites is 2. The first-order chi connectivity index (χ1) is 27.1. The van der Waals surface area contributed by atoms with Gasteiger partial charge in [-0.3, -0.25) is 0 Å². The first kappa shape index (κ1) is 35.3. The predicted molar refractivity (Wildman–Crippen MR) is 233 cm³/mol. The van der Waals surface area contributed by atoms with Crippen molar-refractivity contribution in [2.45, 2.75) is 20.3 Å². The molecule has 0 amide bonds. The van der Waals surface area contributed by atoms with Gasteiger partial charge in [0, 0.05) is 44.2 Å². The lowest BCUT2D eigenvalue weighted by Gasteiger charge is -2.09. The van der Waals surface area contributed by atoms with Crippen LogP contribution in [0.3, 0.4) is 0 Å². The molecule has 0 saturated heterocycles. The van der Waals surface area contributed by atoms with E-state index in [4.69, 9.17) is 24.4 Å². The van der Waals surface area contributed by atoms with Crippen LogP contribution in [0.25, 0.3) is 87.5 Å². The summed E-state index contributed by atoms with van der Waals surface area (Å²) in [6.45, 7) is 11.6. The van der Waals surface area contributed by atoms with Crippen molar-refractivity contribution in [3.8, 4) is 44.2 Å². The van der Waals surface area contributed by atoms with Crippen molar-refractivity contribution >= 4 is 54.6 Å². The van der Waals surface area contributed by atoms with Gasteiger partial charge in [0.05, 0.1) is 10.2 Å². The lowest BCUT2D eigenvalue weighted by atomic mass is 9.99. The van der Waals surface area contributed by atoms with Crippen LogP contribution in [0.2, 0.25) is 0 Å². The summed E-state index contributed by atoms with van der Waals surface area (Å²) >= 11 is 1.65. The monoisotopic (exact) mass is 730 g/mol. The van der Waals surface area contributed by atoms with E-state index in [2.05, 4.69) is 110 Å². The van der Waals surface area contributed by atoms with Gasteiger partial charge in [-0.15, -0.1) is 17.9 Å². The molecular weight excluding hydrogens is 693 g/mol. The van der Waals surface area contributed by atoms with Crippen molar-refractivity contribution in [2.24, 2.45) is 0 Å². The molecule has 8 rings (SSSR count). The molecule has 0 bridgehead atoms. The Balaban J connectivity index is 1.18. The molecule has 0 N–H and O–H groups in total. The third kappa shape index (κ3) is 7.03. The van der Waals surface area contributed by atoms with E-state index in [0.717, 1.165) is 88.1 Å². The number of hydrogen-bond acceptors (Lipinski definition) is 6. The molecule has 0 aliphatic carbocycles. The quantitative estimate of drug-likeness (QED) is 0.0979. The van der Waals surface area contributed by atoms with E-state index < -0.39 is 0 Å². The molecule has 0 atom stereocenters. The Morgan fingerprint density at radius 2 is 1.29 bits per heavy atom.